The Kier molecular flexibility index (Phi) is 7.85. The van der Waals surface area contributed by atoms with Gasteiger partial charge in [0.2, 0.25) is 0 Å². The molecule has 2 aromatic carbocycles. The van der Waals surface area contributed by atoms with Gasteiger partial charge < -0.3 is 19.7 Å². The van der Waals surface area contributed by atoms with Crippen LogP contribution < -0.4 is 10.1 Å². The number of aliphatic hydroxyl groups is 1. The molecule has 12 heteroatoms. The highest BCUT2D eigenvalue weighted by molar-refractivity contribution is 6.31. The lowest BCUT2D eigenvalue weighted by molar-refractivity contribution is 0.0280. The van der Waals surface area contributed by atoms with E-state index in [1.165, 1.54) is 12.4 Å². The monoisotopic (exact) mass is 603 g/mol. The molecule has 3 heterocycles. The Labute approximate surface area is 252 Å². The number of imidazole rings is 1. The fourth-order valence-electron chi connectivity index (χ4n) is 5.51. The van der Waals surface area contributed by atoms with Crippen molar-refractivity contribution < 1.29 is 19.0 Å². The lowest BCUT2D eigenvalue weighted by atomic mass is 9.90. The van der Waals surface area contributed by atoms with Gasteiger partial charge in [0.25, 0.3) is 5.91 Å². The third kappa shape index (κ3) is 6.23. The van der Waals surface area contributed by atoms with Crippen molar-refractivity contribution in [2.45, 2.75) is 57.2 Å². The molecule has 1 fully saturated rings. The summed E-state index contributed by atoms with van der Waals surface area (Å²) in [4.78, 5) is 27.1. The van der Waals surface area contributed by atoms with Crippen LogP contribution in [0.2, 0.25) is 5.02 Å². The van der Waals surface area contributed by atoms with Crippen molar-refractivity contribution in [1.82, 2.24) is 35.0 Å². The summed E-state index contributed by atoms with van der Waals surface area (Å²) in [5, 5.41) is 20.5. The molecule has 0 bridgehead atoms. The molecule has 222 valence electrons. The first-order chi connectivity index (χ1) is 20.7. The van der Waals surface area contributed by atoms with Crippen LogP contribution >= 0.6 is 11.6 Å². The zero-order chi connectivity index (χ0) is 30.1. The summed E-state index contributed by atoms with van der Waals surface area (Å²) >= 11 is 6.24. The van der Waals surface area contributed by atoms with Gasteiger partial charge in [-0.15, -0.1) is 0 Å². The summed E-state index contributed by atoms with van der Waals surface area (Å²) < 4.78 is 22.9. The van der Waals surface area contributed by atoms with Gasteiger partial charge in [-0.3, -0.25) is 14.9 Å². The lowest BCUT2D eigenvalue weighted by Gasteiger charge is -2.32. The van der Waals surface area contributed by atoms with Gasteiger partial charge in [-0.25, -0.2) is 14.4 Å². The van der Waals surface area contributed by atoms with Gasteiger partial charge in [0.05, 0.1) is 28.4 Å². The smallest absolute Gasteiger partial charge is 0.255 e. The largest absolute Gasteiger partial charge is 0.490 e. The summed E-state index contributed by atoms with van der Waals surface area (Å²) in [6.45, 7) is 3.27. The summed E-state index contributed by atoms with van der Waals surface area (Å²) in [5.41, 5.74) is 1.61. The molecule has 2 atom stereocenters. The van der Waals surface area contributed by atoms with Crippen molar-refractivity contribution in [3.63, 3.8) is 0 Å². The van der Waals surface area contributed by atoms with E-state index in [0.29, 0.717) is 51.2 Å². The van der Waals surface area contributed by atoms with Crippen LogP contribution in [0.25, 0.3) is 33.9 Å². The number of rotatable bonds is 8. The Bertz CT molecular complexity index is 1770. The number of hydrogen-bond acceptors (Lipinski definition) is 7. The highest BCUT2D eigenvalue weighted by atomic mass is 35.5. The molecule has 5 aromatic rings. The Hall–Kier alpha value is -4.35. The number of pyridine rings is 1. The van der Waals surface area contributed by atoms with Crippen molar-refractivity contribution in [2.24, 2.45) is 0 Å². The molecule has 43 heavy (non-hydrogen) atoms. The van der Waals surface area contributed by atoms with E-state index in [9.17, 15) is 9.90 Å². The van der Waals surface area contributed by atoms with Crippen LogP contribution in [0, 0.1) is 5.82 Å². The maximum Gasteiger partial charge on any atom is 0.255 e. The third-order valence-electron chi connectivity index (χ3n) is 7.46. The molecular weight excluding hydrogens is 573 g/mol. The number of benzene rings is 2. The Morgan fingerprint density at radius 1 is 1.21 bits per heavy atom. The van der Waals surface area contributed by atoms with Crippen molar-refractivity contribution >= 4 is 28.5 Å². The van der Waals surface area contributed by atoms with Gasteiger partial charge in [-0.1, -0.05) is 23.7 Å². The van der Waals surface area contributed by atoms with E-state index in [-0.39, 0.29) is 30.4 Å². The van der Waals surface area contributed by atoms with Crippen molar-refractivity contribution in [3.8, 4) is 28.7 Å². The van der Waals surface area contributed by atoms with E-state index in [1.54, 1.807) is 56.4 Å². The zero-order valence-electron chi connectivity index (χ0n) is 23.7. The Morgan fingerprint density at radius 2 is 2.05 bits per heavy atom. The molecule has 0 spiro atoms. The predicted octanol–water partition coefficient (Wildman–Crippen LogP) is 5.74. The van der Waals surface area contributed by atoms with Gasteiger partial charge in [0.15, 0.2) is 5.82 Å². The molecule has 6 rings (SSSR count). The molecule has 10 nitrogen and oxygen atoms in total. The van der Waals surface area contributed by atoms with E-state index in [4.69, 9.17) is 21.3 Å². The van der Waals surface area contributed by atoms with Gasteiger partial charge in [-0.2, -0.15) is 5.10 Å². The SMILES string of the molecule is CC(C)(O)COc1ccc(Cl)cc1C(=O)N[C@H]1CCC[C@@H](n2c(-c3ccccc3F)nc3cnc(-c4ncn[nH]4)cc32)C1. The minimum atomic E-state index is -1.07. The first kappa shape index (κ1) is 28.8. The first-order valence-electron chi connectivity index (χ1n) is 14.1. The highest BCUT2D eigenvalue weighted by Gasteiger charge is 2.30. The molecule has 0 aliphatic heterocycles. The fraction of sp³-hybridized carbons (Fsp3) is 0.323. The van der Waals surface area contributed by atoms with Crippen molar-refractivity contribution in [1.29, 1.82) is 0 Å². The Morgan fingerprint density at radius 3 is 2.81 bits per heavy atom. The second-order valence-corrected chi connectivity index (χ2v) is 11.8. The highest BCUT2D eigenvalue weighted by Crippen LogP contribution is 2.37. The van der Waals surface area contributed by atoms with Crippen molar-refractivity contribution in [2.75, 3.05) is 6.61 Å². The van der Waals surface area contributed by atoms with Crippen LogP contribution in [-0.4, -0.2) is 59.0 Å². The molecule has 1 amide bonds. The van der Waals surface area contributed by atoms with E-state index >= 15 is 4.39 Å². The van der Waals surface area contributed by atoms with Gasteiger partial charge >= 0.3 is 0 Å². The maximum atomic E-state index is 15.1. The van der Waals surface area contributed by atoms with Crippen LogP contribution in [0.5, 0.6) is 5.75 Å². The topological polar surface area (TPSA) is 131 Å². The molecule has 1 saturated carbocycles. The number of nitrogens with one attached hydrogen (secondary N) is 2. The Balaban J connectivity index is 1.33. The average Bonchev–Trinajstić information content (AvgIpc) is 3.65. The van der Waals surface area contributed by atoms with Crippen LogP contribution in [0.3, 0.4) is 0 Å². The van der Waals surface area contributed by atoms with Crippen LogP contribution in [-0.2, 0) is 0 Å². The second-order valence-electron chi connectivity index (χ2n) is 11.4. The molecule has 1 aliphatic rings. The number of H-pyrrole nitrogens is 1. The van der Waals surface area contributed by atoms with Gasteiger partial charge in [-0.05, 0) is 75.9 Å². The number of aromatic nitrogens is 6. The number of halogens is 2. The number of nitrogens with zero attached hydrogens (tertiary/aromatic N) is 5. The molecule has 0 radical (unpaired) electrons. The molecule has 1 aliphatic carbocycles. The number of amides is 1. The van der Waals surface area contributed by atoms with Crippen LogP contribution in [0.1, 0.15) is 55.9 Å². The van der Waals surface area contributed by atoms with Crippen molar-refractivity contribution in [3.05, 3.63) is 77.5 Å². The summed E-state index contributed by atoms with van der Waals surface area (Å²) in [6, 6.07) is 13.0. The van der Waals surface area contributed by atoms with E-state index < -0.39 is 5.60 Å². The molecule has 0 saturated heterocycles. The summed E-state index contributed by atoms with van der Waals surface area (Å²) in [7, 11) is 0. The minimum absolute atomic E-state index is 0.0118. The van der Waals surface area contributed by atoms with Crippen LogP contribution in [0.4, 0.5) is 4.39 Å². The number of aromatic amines is 1. The number of ether oxygens (including phenoxy) is 1. The number of hydrogen-bond donors (Lipinski definition) is 3. The maximum absolute atomic E-state index is 15.1. The number of carbonyl (C=O) groups excluding carboxylic acids is 1. The average molecular weight is 604 g/mol. The minimum Gasteiger partial charge on any atom is -0.490 e. The zero-order valence-corrected chi connectivity index (χ0v) is 24.5. The second kappa shape index (κ2) is 11.7. The quantitative estimate of drug-likeness (QED) is 0.206. The third-order valence-corrected chi connectivity index (χ3v) is 7.70. The van der Waals surface area contributed by atoms with Gasteiger partial charge in [0.1, 0.15) is 41.5 Å². The number of fused-ring (bicyclic) bond motifs is 1. The molecule has 3 aromatic heterocycles. The predicted molar refractivity (Wildman–Crippen MR) is 160 cm³/mol. The van der Waals surface area contributed by atoms with E-state index in [1.807, 2.05) is 6.07 Å². The lowest BCUT2D eigenvalue weighted by Crippen LogP contribution is -2.39. The molecule has 3 N–H and O–H groups in total. The van der Waals surface area contributed by atoms with E-state index in [2.05, 4.69) is 30.0 Å². The standard InChI is InChI=1S/C31H31ClFN7O3/c1-31(2,42)16-43-27-11-10-18(32)12-22(27)30(41)37-19-6-5-7-20(13-19)40-26-14-24(28-35-17-36-39-28)34-15-25(26)38-29(40)21-8-3-4-9-23(21)33/h3-4,8-12,14-15,17,19-20,42H,5-7,13,16H2,1-2H3,(H,37,41)(H,35,36,39)/t19-,20+/m0/s1. The summed E-state index contributed by atoms with van der Waals surface area (Å²) in [5.74, 6) is 0.660. The fourth-order valence-corrected chi connectivity index (χ4v) is 5.68. The van der Waals surface area contributed by atoms with E-state index in [0.717, 1.165) is 24.8 Å². The van der Waals surface area contributed by atoms with Crippen LogP contribution in [0.15, 0.2) is 61.1 Å². The normalized spacial score (nSPS) is 17.2. The molecular formula is C31H31ClFN7O3. The first-order valence-corrected chi connectivity index (χ1v) is 14.5. The molecule has 0 unspecified atom stereocenters. The number of carbonyl (C=O) groups is 1. The van der Waals surface area contributed by atoms with Gasteiger partial charge in [0, 0.05) is 17.1 Å². The summed E-state index contributed by atoms with van der Waals surface area (Å²) in [6.07, 6.45) is 6.09.